The molecule has 0 aliphatic rings. The maximum Gasteiger partial charge on any atom is 0.141 e. The first kappa shape index (κ1) is 11.5. The second-order valence-corrected chi connectivity index (χ2v) is 4.88. The molecule has 2 heterocycles. The van der Waals surface area contributed by atoms with Gasteiger partial charge in [-0.3, -0.25) is 0 Å². The predicted molar refractivity (Wildman–Crippen MR) is 76.3 cm³/mol. The van der Waals surface area contributed by atoms with Gasteiger partial charge < -0.3 is 15.3 Å². The van der Waals surface area contributed by atoms with Gasteiger partial charge in [-0.2, -0.15) is 0 Å². The van der Waals surface area contributed by atoms with E-state index in [2.05, 4.69) is 48.3 Å². The number of aromatic amines is 2. The van der Waals surface area contributed by atoms with Crippen LogP contribution in [-0.4, -0.2) is 22.0 Å². The first-order chi connectivity index (χ1) is 8.79. The number of halogens is 1. The quantitative estimate of drug-likeness (QED) is 0.696. The summed E-state index contributed by atoms with van der Waals surface area (Å²) in [6, 6.07) is 8.21. The molecule has 3 N–H and O–H groups in total. The van der Waals surface area contributed by atoms with Crippen LogP contribution in [0.5, 0.6) is 0 Å². The summed E-state index contributed by atoms with van der Waals surface area (Å²) in [5.74, 6) is 0.879. The number of imidazole rings is 1. The predicted octanol–water partition coefficient (Wildman–Crippen LogP) is 3.04. The van der Waals surface area contributed by atoms with Crippen LogP contribution in [-0.2, 0) is 6.54 Å². The van der Waals surface area contributed by atoms with Crippen molar-refractivity contribution in [3.8, 4) is 11.4 Å². The second-order valence-electron chi connectivity index (χ2n) is 4.13. The van der Waals surface area contributed by atoms with Crippen LogP contribution in [0.1, 0.15) is 5.69 Å². The Morgan fingerprint density at radius 2 is 2.17 bits per heavy atom. The van der Waals surface area contributed by atoms with Crippen LogP contribution in [0, 0.1) is 0 Å². The molecule has 0 aliphatic carbocycles. The Labute approximate surface area is 113 Å². The monoisotopic (exact) mass is 304 g/mol. The molecule has 1 aromatic carbocycles. The van der Waals surface area contributed by atoms with Crippen molar-refractivity contribution in [1.82, 2.24) is 20.3 Å². The minimum Gasteiger partial charge on any atom is -0.360 e. The van der Waals surface area contributed by atoms with Crippen LogP contribution in [0.25, 0.3) is 22.3 Å². The maximum atomic E-state index is 4.52. The number of aromatic nitrogens is 3. The first-order valence-corrected chi connectivity index (χ1v) is 6.54. The van der Waals surface area contributed by atoms with Crippen molar-refractivity contribution < 1.29 is 0 Å². The zero-order valence-corrected chi connectivity index (χ0v) is 11.5. The molecule has 92 valence electrons. The maximum absolute atomic E-state index is 4.52. The van der Waals surface area contributed by atoms with Crippen molar-refractivity contribution in [3.05, 3.63) is 40.8 Å². The van der Waals surface area contributed by atoms with E-state index in [0.29, 0.717) is 0 Å². The molecular formula is C13H13BrN4. The molecule has 3 rings (SSSR count). The standard InChI is InChI=1S/C13H13BrN4/c1-15-7-11-12(14)18-13(17-11)9-6-16-10-5-3-2-4-8(9)10/h2-6,15-16H,7H2,1H3,(H,17,18). The fraction of sp³-hybridized carbons (Fsp3) is 0.154. The van der Waals surface area contributed by atoms with Gasteiger partial charge in [-0.1, -0.05) is 18.2 Å². The van der Waals surface area contributed by atoms with Crippen LogP contribution >= 0.6 is 15.9 Å². The van der Waals surface area contributed by atoms with Crippen LogP contribution in [0.3, 0.4) is 0 Å². The summed E-state index contributed by atoms with van der Waals surface area (Å²) in [4.78, 5) is 11.1. The van der Waals surface area contributed by atoms with E-state index < -0.39 is 0 Å². The Hall–Kier alpha value is -1.59. The highest BCUT2D eigenvalue weighted by Crippen LogP contribution is 2.28. The second kappa shape index (κ2) is 4.59. The zero-order valence-electron chi connectivity index (χ0n) is 9.92. The van der Waals surface area contributed by atoms with Gasteiger partial charge in [0, 0.05) is 29.2 Å². The van der Waals surface area contributed by atoms with Gasteiger partial charge in [0.1, 0.15) is 10.4 Å². The third-order valence-corrected chi connectivity index (χ3v) is 3.58. The zero-order chi connectivity index (χ0) is 12.5. The highest BCUT2D eigenvalue weighted by atomic mass is 79.9. The third kappa shape index (κ3) is 1.85. The molecule has 0 spiro atoms. The Kier molecular flexibility index (Phi) is 2.93. The van der Waals surface area contributed by atoms with Gasteiger partial charge in [-0.25, -0.2) is 4.98 Å². The van der Waals surface area contributed by atoms with E-state index in [1.54, 1.807) is 0 Å². The summed E-state index contributed by atoms with van der Waals surface area (Å²) in [5, 5.41) is 4.29. The van der Waals surface area contributed by atoms with Gasteiger partial charge in [0.05, 0.1) is 5.69 Å². The van der Waals surface area contributed by atoms with Gasteiger partial charge in [-0.05, 0) is 29.0 Å². The molecule has 0 amide bonds. The van der Waals surface area contributed by atoms with Crippen molar-refractivity contribution in [3.63, 3.8) is 0 Å². The van der Waals surface area contributed by atoms with E-state index in [0.717, 1.165) is 33.7 Å². The number of hydrogen-bond donors (Lipinski definition) is 3. The number of fused-ring (bicyclic) bond motifs is 1. The van der Waals surface area contributed by atoms with Crippen LogP contribution in [0.15, 0.2) is 35.1 Å². The Bertz CT molecular complexity index is 683. The summed E-state index contributed by atoms with van der Waals surface area (Å²) in [7, 11) is 1.92. The summed E-state index contributed by atoms with van der Waals surface area (Å²) < 4.78 is 0.858. The molecule has 2 aromatic heterocycles. The van der Waals surface area contributed by atoms with E-state index >= 15 is 0 Å². The van der Waals surface area contributed by atoms with Crippen molar-refractivity contribution in [1.29, 1.82) is 0 Å². The number of para-hydroxylation sites is 1. The first-order valence-electron chi connectivity index (χ1n) is 5.75. The van der Waals surface area contributed by atoms with E-state index in [1.807, 2.05) is 25.4 Å². The molecule has 0 fully saturated rings. The smallest absolute Gasteiger partial charge is 0.141 e. The molecule has 0 aliphatic heterocycles. The Morgan fingerprint density at radius 1 is 1.33 bits per heavy atom. The lowest BCUT2D eigenvalue weighted by molar-refractivity contribution is 0.793. The van der Waals surface area contributed by atoms with Crippen LogP contribution in [0.4, 0.5) is 0 Å². The molecule has 0 bridgehead atoms. The lowest BCUT2D eigenvalue weighted by Gasteiger charge is -1.95. The van der Waals surface area contributed by atoms with Crippen molar-refractivity contribution in [2.24, 2.45) is 0 Å². The van der Waals surface area contributed by atoms with E-state index in [1.165, 1.54) is 5.39 Å². The molecule has 0 radical (unpaired) electrons. The average molecular weight is 305 g/mol. The molecule has 0 unspecified atom stereocenters. The van der Waals surface area contributed by atoms with Gasteiger partial charge in [0.2, 0.25) is 0 Å². The van der Waals surface area contributed by atoms with Gasteiger partial charge in [0.25, 0.3) is 0 Å². The number of rotatable bonds is 3. The lowest BCUT2D eigenvalue weighted by atomic mass is 10.2. The van der Waals surface area contributed by atoms with Gasteiger partial charge >= 0.3 is 0 Å². The average Bonchev–Trinajstić information content (AvgIpc) is 2.94. The topological polar surface area (TPSA) is 56.5 Å². The van der Waals surface area contributed by atoms with Gasteiger partial charge in [0.15, 0.2) is 0 Å². The number of nitrogens with zero attached hydrogens (tertiary/aromatic N) is 1. The molecular weight excluding hydrogens is 292 g/mol. The Balaban J connectivity index is 2.11. The van der Waals surface area contributed by atoms with Crippen LogP contribution in [0.2, 0.25) is 0 Å². The highest BCUT2D eigenvalue weighted by Gasteiger charge is 2.12. The fourth-order valence-electron chi connectivity index (χ4n) is 2.08. The molecule has 4 nitrogen and oxygen atoms in total. The summed E-state index contributed by atoms with van der Waals surface area (Å²) >= 11 is 3.48. The minimum atomic E-state index is 0.760. The van der Waals surface area contributed by atoms with E-state index in [4.69, 9.17) is 0 Å². The Morgan fingerprint density at radius 3 is 3.00 bits per heavy atom. The lowest BCUT2D eigenvalue weighted by Crippen LogP contribution is -2.05. The molecule has 0 saturated heterocycles. The molecule has 18 heavy (non-hydrogen) atoms. The highest BCUT2D eigenvalue weighted by molar-refractivity contribution is 9.10. The number of H-pyrrole nitrogens is 2. The largest absolute Gasteiger partial charge is 0.360 e. The fourth-order valence-corrected chi connectivity index (χ4v) is 2.49. The summed E-state index contributed by atoms with van der Waals surface area (Å²) in [5.41, 5.74) is 3.27. The van der Waals surface area contributed by atoms with Crippen molar-refractivity contribution >= 4 is 26.8 Å². The minimum absolute atomic E-state index is 0.760. The van der Waals surface area contributed by atoms with Crippen molar-refractivity contribution in [2.45, 2.75) is 6.54 Å². The molecule has 0 atom stereocenters. The third-order valence-electron chi connectivity index (χ3n) is 2.93. The summed E-state index contributed by atoms with van der Waals surface area (Å²) in [6.07, 6.45) is 1.99. The van der Waals surface area contributed by atoms with Crippen molar-refractivity contribution in [2.75, 3.05) is 7.05 Å². The van der Waals surface area contributed by atoms with Crippen LogP contribution < -0.4 is 5.32 Å². The SMILES string of the molecule is CNCc1[nH]c(-c2c[nH]c3ccccc23)nc1Br. The number of hydrogen-bond acceptors (Lipinski definition) is 2. The molecule has 0 saturated carbocycles. The number of nitrogens with one attached hydrogen (secondary N) is 3. The van der Waals surface area contributed by atoms with Gasteiger partial charge in [-0.15, -0.1) is 0 Å². The normalized spacial score (nSPS) is 11.2. The molecule has 5 heteroatoms. The number of benzene rings is 1. The van der Waals surface area contributed by atoms with E-state index in [-0.39, 0.29) is 0 Å². The van der Waals surface area contributed by atoms with E-state index in [9.17, 15) is 0 Å². The summed E-state index contributed by atoms with van der Waals surface area (Å²) in [6.45, 7) is 0.760. The molecule has 3 aromatic rings.